The summed E-state index contributed by atoms with van der Waals surface area (Å²) in [5, 5.41) is 8.53. The molecule has 0 aliphatic carbocycles. The van der Waals surface area contributed by atoms with Crippen molar-refractivity contribution in [3.63, 3.8) is 0 Å². The third-order valence-electron chi connectivity index (χ3n) is 5.23. The van der Waals surface area contributed by atoms with E-state index in [1.807, 2.05) is 60.5 Å². The first-order valence-electron chi connectivity index (χ1n) is 9.55. The van der Waals surface area contributed by atoms with Crippen LogP contribution in [0, 0.1) is 0 Å². The van der Waals surface area contributed by atoms with E-state index in [4.69, 9.17) is 4.74 Å². The fourth-order valence-electron chi connectivity index (χ4n) is 3.66. The van der Waals surface area contributed by atoms with Crippen LogP contribution in [0.3, 0.4) is 0 Å². The van der Waals surface area contributed by atoms with Crippen molar-refractivity contribution in [1.82, 2.24) is 19.5 Å². The first kappa shape index (κ1) is 18.8. The third kappa shape index (κ3) is 3.85. The highest BCUT2D eigenvalue weighted by molar-refractivity contribution is 8.00. The van der Waals surface area contributed by atoms with E-state index in [0.717, 1.165) is 48.0 Å². The van der Waals surface area contributed by atoms with Crippen LogP contribution in [0.2, 0.25) is 0 Å². The minimum absolute atomic E-state index is 0.112. The molecule has 0 N–H and O–H groups in total. The second-order valence-electron chi connectivity index (χ2n) is 7.02. The monoisotopic (exact) mass is 396 g/mol. The van der Waals surface area contributed by atoms with E-state index in [2.05, 4.69) is 14.6 Å². The molecule has 1 saturated heterocycles. The highest BCUT2D eigenvalue weighted by Crippen LogP contribution is 2.30. The Hall–Kier alpha value is -2.54. The lowest BCUT2D eigenvalue weighted by atomic mass is 9.96. The van der Waals surface area contributed by atoms with Gasteiger partial charge in [0.05, 0.1) is 12.4 Å². The SMILES string of the molecule is COc1ccc(SC(C)C(=O)N2CCC(c3nnc4ccccn34)CC2)cc1. The fraction of sp³-hybridized carbons (Fsp3) is 0.381. The number of rotatable bonds is 5. The number of likely N-dealkylation sites (tertiary alicyclic amines) is 1. The molecule has 1 aliphatic rings. The molecule has 1 fully saturated rings. The summed E-state index contributed by atoms with van der Waals surface area (Å²) in [6.07, 6.45) is 3.85. The Morgan fingerprint density at radius 3 is 2.61 bits per heavy atom. The summed E-state index contributed by atoms with van der Waals surface area (Å²) >= 11 is 1.59. The van der Waals surface area contributed by atoms with Crippen LogP contribution >= 0.6 is 11.8 Å². The van der Waals surface area contributed by atoms with E-state index in [9.17, 15) is 4.79 Å². The summed E-state index contributed by atoms with van der Waals surface area (Å²) in [6.45, 7) is 3.51. The molecule has 2 aromatic heterocycles. The molecule has 3 heterocycles. The number of amides is 1. The molecule has 0 bridgehead atoms. The molecule has 1 amide bonds. The molecule has 6 nitrogen and oxygen atoms in total. The lowest BCUT2D eigenvalue weighted by Gasteiger charge is -2.32. The zero-order valence-corrected chi connectivity index (χ0v) is 16.9. The predicted octanol–water partition coefficient (Wildman–Crippen LogP) is 3.62. The average molecular weight is 397 g/mol. The van der Waals surface area contributed by atoms with Crippen LogP contribution in [0.5, 0.6) is 5.75 Å². The normalized spacial score (nSPS) is 16.3. The van der Waals surface area contributed by atoms with Gasteiger partial charge in [0.25, 0.3) is 0 Å². The van der Waals surface area contributed by atoms with Crippen LogP contribution < -0.4 is 4.74 Å². The van der Waals surface area contributed by atoms with Gasteiger partial charge < -0.3 is 9.64 Å². The van der Waals surface area contributed by atoms with Crippen molar-refractivity contribution < 1.29 is 9.53 Å². The van der Waals surface area contributed by atoms with Gasteiger partial charge >= 0.3 is 0 Å². The summed E-state index contributed by atoms with van der Waals surface area (Å²) < 4.78 is 7.25. The average Bonchev–Trinajstić information content (AvgIpc) is 3.18. The number of ether oxygens (including phenoxy) is 1. The van der Waals surface area contributed by atoms with Crippen LogP contribution in [0.15, 0.2) is 53.6 Å². The standard InChI is InChI=1S/C21H24N4O2S/c1-15(28-18-8-6-17(27-2)7-9-18)21(26)24-13-10-16(11-14-24)20-23-22-19-5-3-4-12-25(19)20/h3-9,12,15-16H,10-11,13-14H2,1-2H3. The topological polar surface area (TPSA) is 59.7 Å². The zero-order valence-electron chi connectivity index (χ0n) is 16.1. The van der Waals surface area contributed by atoms with Crippen molar-refractivity contribution in [2.45, 2.75) is 35.8 Å². The number of benzene rings is 1. The van der Waals surface area contributed by atoms with E-state index in [0.29, 0.717) is 5.92 Å². The van der Waals surface area contributed by atoms with Crippen LogP contribution in [0.4, 0.5) is 0 Å². The fourth-order valence-corrected chi connectivity index (χ4v) is 4.61. The second-order valence-corrected chi connectivity index (χ2v) is 8.44. The van der Waals surface area contributed by atoms with Gasteiger partial charge in [-0.3, -0.25) is 9.20 Å². The number of thioether (sulfide) groups is 1. The quantitative estimate of drug-likeness (QED) is 0.617. The molecule has 1 aliphatic heterocycles. The van der Waals surface area contributed by atoms with E-state index in [-0.39, 0.29) is 11.2 Å². The van der Waals surface area contributed by atoms with Gasteiger partial charge in [-0.05, 0) is 56.2 Å². The summed E-state index contributed by atoms with van der Waals surface area (Å²) in [5.41, 5.74) is 0.875. The Balaban J connectivity index is 1.35. The van der Waals surface area contributed by atoms with Crippen molar-refractivity contribution in [1.29, 1.82) is 0 Å². The van der Waals surface area contributed by atoms with Crippen molar-refractivity contribution in [3.8, 4) is 5.75 Å². The van der Waals surface area contributed by atoms with Crippen molar-refractivity contribution in [3.05, 3.63) is 54.5 Å². The number of hydrogen-bond donors (Lipinski definition) is 0. The molecule has 146 valence electrons. The van der Waals surface area contributed by atoms with Crippen LogP contribution in [0.1, 0.15) is 31.5 Å². The first-order chi connectivity index (χ1) is 13.7. The molecule has 0 spiro atoms. The number of carbonyl (C=O) groups is 1. The van der Waals surface area contributed by atoms with Crippen LogP contribution in [0.25, 0.3) is 5.65 Å². The number of aromatic nitrogens is 3. The molecule has 4 rings (SSSR count). The summed E-state index contributed by atoms with van der Waals surface area (Å²) in [5.74, 6) is 2.37. The predicted molar refractivity (Wildman–Crippen MR) is 110 cm³/mol. The number of methoxy groups -OCH3 is 1. The number of carbonyl (C=O) groups excluding carboxylic acids is 1. The van der Waals surface area contributed by atoms with Crippen molar-refractivity contribution in [2.75, 3.05) is 20.2 Å². The molecule has 28 heavy (non-hydrogen) atoms. The van der Waals surface area contributed by atoms with E-state index >= 15 is 0 Å². The van der Waals surface area contributed by atoms with Gasteiger partial charge in [-0.1, -0.05) is 6.07 Å². The lowest BCUT2D eigenvalue weighted by Crippen LogP contribution is -2.42. The van der Waals surface area contributed by atoms with Gasteiger partial charge in [0.2, 0.25) is 5.91 Å². The Morgan fingerprint density at radius 2 is 1.89 bits per heavy atom. The highest BCUT2D eigenvalue weighted by Gasteiger charge is 2.29. The third-order valence-corrected chi connectivity index (χ3v) is 6.33. The minimum atomic E-state index is -0.112. The maximum Gasteiger partial charge on any atom is 0.235 e. The van der Waals surface area contributed by atoms with Crippen molar-refractivity contribution >= 4 is 23.3 Å². The van der Waals surface area contributed by atoms with Gasteiger partial charge in [-0.25, -0.2) is 0 Å². The van der Waals surface area contributed by atoms with E-state index < -0.39 is 0 Å². The molecule has 0 saturated carbocycles. The number of pyridine rings is 1. The molecule has 1 unspecified atom stereocenters. The minimum Gasteiger partial charge on any atom is -0.497 e. The maximum absolute atomic E-state index is 12.9. The summed E-state index contributed by atoms with van der Waals surface area (Å²) in [7, 11) is 1.65. The smallest absolute Gasteiger partial charge is 0.235 e. The van der Waals surface area contributed by atoms with Crippen molar-refractivity contribution in [2.24, 2.45) is 0 Å². The number of piperidine rings is 1. The molecule has 7 heteroatoms. The summed E-state index contributed by atoms with van der Waals surface area (Å²) in [6, 6.07) is 13.8. The number of hydrogen-bond acceptors (Lipinski definition) is 5. The molecule has 1 atom stereocenters. The first-order valence-corrected chi connectivity index (χ1v) is 10.4. The Labute approximate surface area is 168 Å². The van der Waals surface area contributed by atoms with Crippen LogP contribution in [-0.4, -0.2) is 50.9 Å². The lowest BCUT2D eigenvalue weighted by molar-refractivity contribution is -0.131. The number of fused-ring (bicyclic) bond motifs is 1. The molecule has 0 radical (unpaired) electrons. The zero-order chi connectivity index (χ0) is 19.5. The Kier molecular flexibility index (Phi) is 5.52. The van der Waals surface area contributed by atoms with Crippen LogP contribution in [-0.2, 0) is 4.79 Å². The van der Waals surface area contributed by atoms with Gasteiger partial charge in [-0.15, -0.1) is 22.0 Å². The summed E-state index contributed by atoms with van der Waals surface area (Å²) in [4.78, 5) is 15.9. The van der Waals surface area contributed by atoms with Gasteiger partial charge in [0.1, 0.15) is 11.6 Å². The largest absolute Gasteiger partial charge is 0.497 e. The Bertz CT molecular complexity index is 948. The Morgan fingerprint density at radius 1 is 1.14 bits per heavy atom. The van der Waals surface area contributed by atoms with E-state index in [1.165, 1.54) is 0 Å². The highest BCUT2D eigenvalue weighted by atomic mass is 32.2. The second kappa shape index (κ2) is 8.22. The molecule has 3 aromatic rings. The molecule has 1 aromatic carbocycles. The van der Waals surface area contributed by atoms with Gasteiger partial charge in [-0.2, -0.15) is 0 Å². The maximum atomic E-state index is 12.9. The van der Waals surface area contributed by atoms with E-state index in [1.54, 1.807) is 18.9 Å². The van der Waals surface area contributed by atoms with Gasteiger partial charge in [0.15, 0.2) is 5.65 Å². The molecular formula is C21H24N4O2S. The molecular weight excluding hydrogens is 372 g/mol. The van der Waals surface area contributed by atoms with Gasteiger partial charge in [0, 0.05) is 30.1 Å². The number of nitrogens with zero attached hydrogens (tertiary/aromatic N) is 4.